The van der Waals surface area contributed by atoms with E-state index in [1.807, 2.05) is 4.90 Å². The molecule has 2 N–H and O–H groups in total. The van der Waals surface area contributed by atoms with E-state index in [1.165, 1.54) is 0 Å². The number of anilines is 1. The molecule has 1 aromatic carbocycles. The Morgan fingerprint density at radius 3 is 2.57 bits per heavy atom. The van der Waals surface area contributed by atoms with Gasteiger partial charge in [0.1, 0.15) is 6.29 Å². The highest BCUT2D eigenvalue weighted by Crippen LogP contribution is 2.25. The Hall–Kier alpha value is -1.59. The molecule has 114 valence electrons. The van der Waals surface area contributed by atoms with Crippen molar-refractivity contribution in [3.8, 4) is 0 Å². The second-order valence-corrected chi connectivity index (χ2v) is 5.54. The fraction of sp³-hybridized carbons (Fsp3) is 0.467. The standard InChI is InChI=1S/C15H20ClN3O2/c1-2-18-4-6-19(7-5-18)15(21)12-10-13(16)14(17)9-11(12)3-8-20/h8-10H,2-7,17H2,1H3. The lowest BCUT2D eigenvalue weighted by Crippen LogP contribution is -2.48. The van der Waals surface area contributed by atoms with Crippen molar-refractivity contribution < 1.29 is 9.59 Å². The molecule has 1 saturated heterocycles. The fourth-order valence-corrected chi connectivity index (χ4v) is 2.70. The van der Waals surface area contributed by atoms with Crippen LogP contribution in [0.2, 0.25) is 5.02 Å². The summed E-state index contributed by atoms with van der Waals surface area (Å²) in [4.78, 5) is 27.5. The zero-order valence-corrected chi connectivity index (χ0v) is 12.9. The molecule has 21 heavy (non-hydrogen) atoms. The highest BCUT2D eigenvalue weighted by Gasteiger charge is 2.23. The minimum atomic E-state index is -0.0792. The van der Waals surface area contributed by atoms with Crippen molar-refractivity contribution in [3.05, 3.63) is 28.3 Å². The van der Waals surface area contributed by atoms with Gasteiger partial charge in [-0.3, -0.25) is 4.79 Å². The van der Waals surface area contributed by atoms with Crippen molar-refractivity contribution in [2.24, 2.45) is 0 Å². The van der Waals surface area contributed by atoms with Gasteiger partial charge in [0.05, 0.1) is 10.7 Å². The van der Waals surface area contributed by atoms with E-state index >= 15 is 0 Å². The minimum absolute atomic E-state index is 0.0792. The molecular formula is C15H20ClN3O2. The molecule has 0 radical (unpaired) electrons. The van der Waals surface area contributed by atoms with Crippen LogP contribution in [0.4, 0.5) is 5.69 Å². The van der Waals surface area contributed by atoms with Crippen LogP contribution >= 0.6 is 11.6 Å². The molecule has 2 rings (SSSR count). The average Bonchev–Trinajstić information content (AvgIpc) is 2.50. The Balaban J connectivity index is 2.22. The number of rotatable bonds is 4. The van der Waals surface area contributed by atoms with Gasteiger partial charge in [0, 0.05) is 38.2 Å². The zero-order valence-electron chi connectivity index (χ0n) is 12.1. The van der Waals surface area contributed by atoms with Gasteiger partial charge in [-0.2, -0.15) is 0 Å². The van der Waals surface area contributed by atoms with Crippen LogP contribution in [-0.4, -0.2) is 54.7 Å². The summed E-state index contributed by atoms with van der Waals surface area (Å²) in [6, 6.07) is 3.19. The maximum Gasteiger partial charge on any atom is 0.254 e. The first-order valence-corrected chi connectivity index (χ1v) is 7.47. The number of nitrogens with two attached hydrogens (primary N) is 1. The number of nitrogens with zero attached hydrogens (tertiary/aromatic N) is 2. The Bertz CT molecular complexity index is 540. The molecule has 1 aliphatic rings. The maximum atomic E-state index is 12.6. The molecule has 0 aromatic heterocycles. The Labute approximate surface area is 129 Å². The lowest BCUT2D eigenvalue weighted by Gasteiger charge is -2.34. The minimum Gasteiger partial charge on any atom is -0.398 e. The third-order valence-corrected chi connectivity index (χ3v) is 4.19. The maximum absolute atomic E-state index is 12.6. The highest BCUT2D eigenvalue weighted by atomic mass is 35.5. The topological polar surface area (TPSA) is 66.6 Å². The second kappa shape index (κ2) is 6.91. The van der Waals surface area contributed by atoms with E-state index in [4.69, 9.17) is 17.3 Å². The van der Waals surface area contributed by atoms with Crippen molar-refractivity contribution >= 4 is 29.5 Å². The van der Waals surface area contributed by atoms with Crippen molar-refractivity contribution in [2.75, 3.05) is 38.5 Å². The van der Waals surface area contributed by atoms with Crippen LogP contribution in [-0.2, 0) is 11.2 Å². The van der Waals surface area contributed by atoms with E-state index < -0.39 is 0 Å². The van der Waals surface area contributed by atoms with Crippen molar-refractivity contribution in [3.63, 3.8) is 0 Å². The molecule has 1 aliphatic heterocycles. The molecule has 0 unspecified atom stereocenters. The van der Waals surface area contributed by atoms with E-state index in [-0.39, 0.29) is 12.3 Å². The van der Waals surface area contributed by atoms with Gasteiger partial charge in [-0.15, -0.1) is 0 Å². The van der Waals surface area contributed by atoms with Crippen LogP contribution in [0.15, 0.2) is 12.1 Å². The number of piperazine rings is 1. The number of carbonyl (C=O) groups is 2. The first-order valence-electron chi connectivity index (χ1n) is 7.10. The number of amides is 1. The quantitative estimate of drug-likeness (QED) is 0.675. The predicted molar refractivity (Wildman–Crippen MR) is 83.6 cm³/mol. The van der Waals surface area contributed by atoms with Crippen molar-refractivity contribution in [1.82, 2.24) is 9.80 Å². The van der Waals surface area contributed by atoms with E-state index in [0.29, 0.717) is 34.9 Å². The average molecular weight is 310 g/mol. The molecular weight excluding hydrogens is 290 g/mol. The molecule has 1 aromatic rings. The molecule has 0 aliphatic carbocycles. The Morgan fingerprint density at radius 1 is 1.33 bits per heavy atom. The smallest absolute Gasteiger partial charge is 0.254 e. The summed E-state index contributed by atoms with van der Waals surface area (Å²) in [6.07, 6.45) is 0.936. The molecule has 0 saturated carbocycles. The molecule has 0 atom stereocenters. The molecule has 1 heterocycles. The molecule has 6 heteroatoms. The van der Waals surface area contributed by atoms with Crippen molar-refractivity contribution in [1.29, 1.82) is 0 Å². The number of hydrogen-bond donors (Lipinski definition) is 1. The lowest BCUT2D eigenvalue weighted by atomic mass is 10.0. The number of nitrogen functional groups attached to an aromatic ring is 1. The van der Waals surface area contributed by atoms with Gasteiger partial charge in [0.15, 0.2) is 0 Å². The largest absolute Gasteiger partial charge is 0.398 e. The normalized spacial score (nSPS) is 16.0. The second-order valence-electron chi connectivity index (χ2n) is 5.13. The number of benzene rings is 1. The number of halogens is 1. The number of aldehydes is 1. The number of carbonyl (C=O) groups excluding carboxylic acids is 2. The fourth-order valence-electron chi connectivity index (χ4n) is 2.53. The van der Waals surface area contributed by atoms with Gasteiger partial charge < -0.3 is 20.3 Å². The van der Waals surface area contributed by atoms with Crippen LogP contribution in [0.25, 0.3) is 0 Å². The summed E-state index contributed by atoms with van der Waals surface area (Å²) in [6.45, 7) is 6.22. The monoisotopic (exact) mass is 309 g/mol. The van der Waals surface area contributed by atoms with Gasteiger partial charge in [0.25, 0.3) is 5.91 Å². The first-order chi connectivity index (χ1) is 10.1. The Kier molecular flexibility index (Phi) is 5.20. The van der Waals surface area contributed by atoms with Crippen LogP contribution < -0.4 is 5.73 Å². The van der Waals surface area contributed by atoms with Crippen LogP contribution in [0, 0.1) is 0 Å². The molecule has 0 spiro atoms. The lowest BCUT2D eigenvalue weighted by molar-refractivity contribution is -0.107. The summed E-state index contributed by atoms with van der Waals surface area (Å²) < 4.78 is 0. The SMILES string of the molecule is CCN1CCN(C(=O)c2cc(Cl)c(N)cc2CC=O)CC1. The van der Waals surface area contributed by atoms with Crippen molar-refractivity contribution in [2.45, 2.75) is 13.3 Å². The summed E-state index contributed by atoms with van der Waals surface area (Å²) in [7, 11) is 0. The van der Waals surface area contributed by atoms with Gasteiger partial charge in [0.2, 0.25) is 0 Å². The third-order valence-electron chi connectivity index (χ3n) is 3.86. The summed E-state index contributed by atoms with van der Waals surface area (Å²) in [5.74, 6) is -0.0792. The Morgan fingerprint density at radius 2 is 2.00 bits per heavy atom. The van der Waals surface area contributed by atoms with Crippen LogP contribution in [0.1, 0.15) is 22.8 Å². The number of likely N-dealkylation sites (N-methyl/N-ethyl adjacent to an activating group) is 1. The van der Waals surface area contributed by atoms with E-state index in [0.717, 1.165) is 25.9 Å². The van der Waals surface area contributed by atoms with E-state index in [1.54, 1.807) is 12.1 Å². The third kappa shape index (κ3) is 3.54. The molecule has 0 bridgehead atoms. The molecule has 1 amide bonds. The van der Waals surface area contributed by atoms with E-state index in [2.05, 4.69) is 11.8 Å². The van der Waals surface area contributed by atoms with Gasteiger partial charge in [-0.05, 0) is 24.2 Å². The first kappa shape index (κ1) is 15.8. The highest BCUT2D eigenvalue weighted by molar-refractivity contribution is 6.33. The van der Waals surface area contributed by atoms with Crippen LogP contribution in [0.5, 0.6) is 0 Å². The predicted octanol–water partition coefficient (Wildman–Crippen LogP) is 1.44. The van der Waals surface area contributed by atoms with E-state index in [9.17, 15) is 9.59 Å². The summed E-state index contributed by atoms with van der Waals surface area (Å²) >= 11 is 6.02. The molecule has 5 nitrogen and oxygen atoms in total. The van der Waals surface area contributed by atoms with Crippen LogP contribution in [0.3, 0.4) is 0 Å². The number of hydrogen-bond acceptors (Lipinski definition) is 4. The summed E-state index contributed by atoms with van der Waals surface area (Å²) in [5, 5.41) is 0.347. The zero-order chi connectivity index (χ0) is 15.4. The summed E-state index contributed by atoms with van der Waals surface area (Å²) in [5.41, 5.74) is 7.26. The molecule has 1 fully saturated rings. The van der Waals surface area contributed by atoms with Gasteiger partial charge >= 0.3 is 0 Å². The van der Waals surface area contributed by atoms with Gasteiger partial charge in [-0.1, -0.05) is 18.5 Å². The van der Waals surface area contributed by atoms with Gasteiger partial charge in [-0.25, -0.2) is 0 Å².